The van der Waals surface area contributed by atoms with Crippen LogP contribution in [0.25, 0.3) is 11.1 Å². The molecule has 1 saturated carbocycles. The number of nitrogens with zero attached hydrogens (tertiary/aromatic N) is 1. The number of H-pyrrole nitrogens is 1. The van der Waals surface area contributed by atoms with Gasteiger partial charge in [-0.2, -0.15) is 0 Å². The summed E-state index contributed by atoms with van der Waals surface area (Å²) in [7, 11) is 0. The normalized spacial score (nSPS) is 13.8. The molecule has 5 aromatic rings. The first-order valence-electron chi connectivity index (χ1n) is 14.7. The van der Waals surface area contributed by atoms with E-state index in [1.165, 1.54) is 0 Å². The van der Waals surface area contributed by atoms with Crippen LogP contribution in [0.5, 0.6) is 11.5 Å². The van der Waals surface area contributed by atoms with E-state index in [9.17, 15) is 9.59 Å². The lowest BCUT2D eigenvalue weighted by Gasteiger charge is -2.17. The molecule has 0 atom stereocenters. The third-order valence-electron chi connectivity index (χ3n) is 7.96. The molecule has 1 fully saturated rings. The van der Waals surface area contributed by atoms with Crippen molar-refractivity contribution in [3.8, 4) is 22.6 Å². The molecule has 7 rings (SSSR count). The molecular weight excluding hydrogens is 552 g/mol. The highest BCUT2D eigenvalue weighted by Gasteiger charge is 2.51. The summed E-state index contributed by atoms with van der Waals surface area (Å²) in [6, 6.07) is 31.2. The molecule has 44 heavy (non-hydrogen) atoms. The van der Waals surface area contributed by atoms with Crippen LogP contribution >= 0.6 is 0 Å². The molecule has 226 valence electrons. The van der Waals surface area contributed by atoms with Crippen molar-refractivity contribution >= 4 is 17.5 Å². The highest BCUT2D eigenvalue weighted by Crippen LogP contribution is 2.51. The number of amides is 2. The lowest BCUT2D eigenvalue weighted by molar-refractivity contribution is -0.118. The van der Waals surface area contributed by atoms with Gasteiger partial charge >= 0.3 is 0 Å². The number of nitrogens with one attached hydrogen (secondary N) is 3. The topological polar surface area (TPSA) is 105 Å². The van der Waals surface area contributed by atoms with Crippen molar-refractivity contribution in [1.29, 1.82) is 0 Å². The van der Waals surface area contributed by atoms with E-state index in [-0.39, 0.29) is 21.5 Å². The Hall–Kier alpha value is -5.37. The van der Waals surface area contributed by atoms with Crippen molar-refractivity contribution in [3.63, 3.8) is 0 Å². The SMILES string of the molecule is Cc1ccc(NC(=O)C2(c3ccc4c(c3)OCO4)CC2)cc1-c1ccc(C(=O)NCCc2cnc[nH]2)cc1.[HH].[HH].c1ccccc1. The van der Waals surface area contributed by atoms with E-state index in [0.29, 0.717) is 30.0 Å². The maximum atomic E-state index is 13.4. The molecule has 8 nitrogen and oxygen atoms in total. The highest BCUT2D eigenvalue weighted by molar-refractivity contribution is 6.02. The van der Waals surface area contributed by atoms with Crippen LogP contribution in [0.1, 0.15) is 42.9 Å². The van der Waals surface area contributed by atoms with Crippen LogP contribution in [0.3, 0.4) is 0 Å². The van der Waals surface area contributed by atoms with E-state index in [1.54, 1.807) is 12.5 Å². The average Bonchev–Trinajstić information content (AvgIpc) is 3.46. The van der Waals surface area contributed by atoms with Gasteiger partial charge in [0.2, 0.25) is 12.7 Å². The monoisotopic (exact) mass is 590 g/mol. The van der Waals surface area contributed by atoms with Gasteiger partial charge in [-0.3, -0.25) is 9.59 Å². The number of rotatable bonds is 8. The van der Waals surface area contributed by atoms with Crippen LogP contribution in [0.2, 0.25) is 0 Å². The van der Waals surface area contributed by atoms with E-state index in [0.717, 1.165) is 46.5 Å². The maximum absolute atomic E-state index is 13.4. The van der Waals surface area contributed by atoms with Crippen LogP contribution in [-0.4, -0.2) is 35.1 Å². The first kappa shape index (κ1) is 28.7. The molecule has 1 aliphatic heterocycles. The molecule has 0 saturated heterocycles. The summed E-state index contributed by atoms with van der Waals surface area (Å²) in [6.07, 6.45) is 5.66. The number of carbonyl (C=O) groups excluding carboxylic acids is 2. The van der Waals surface area contributed by atoms with Crippen molar-refractivity contribution in [1.82, 2.24) is 15.3 Å². The lowest BCUT2D eigenvalue weighted by Crippen LogP contribution is -2.27. The maximum Gasteiger partial charge on any atom is 0.251 e. The Morgan fingerprint density at radius 2 is 1.64 bits per heavy atom. The number of carbonyl (C=O) groups is 2. The van der Waals surface area contributed by atoms with Gasteiger partial charge in [0.1, 0.15) is 0 Å². The number of hydrogen-bond acceptors (Lipinski definition) is 5. The minimum atomic E-state index is -0.543. The molecule has 2 amide bonds. The number of benzene rings is 4. The fourth-order valence-corrected chi connectivity index (χ4v) is 5.25. The Labute approximate surface area is 259 Å². The third kappa shape index (κ3) is 6.49. The summed E-state index contributed by atoms with van der Waals surface area (Å²) in [5, 5.41) is 6.07. The van der Waals surface area contributed by atoms with Gasteiger partial charge in [0.05, 0.1) is 11.7 Å². The number of aryl methyl sites for hydroxylation is 1. The minimum absolute atomic E-state index is 0. The molecule has 1 aliphatic carbocycles. The van der Waals surface area contributed by atoms with Gasteiger partial charge in [0, 0.05) is 39.0 Å². The number of aromatic nitrogens is 2. The number of fused-ring (bicyclic) bond motifs is 1. The quantitative estimate of drug-likeness (QED) is 0.182. The second-order valence-corrected chi connectivity index (χ2v) is 10.9. The molecule has 1 aromatic heterocycles. The Bertz CT molecular complexity index is 1720. The summed E-state index contributed by atoms with van der Waals surface area (Å²) in [6.45, 7) is 2.77. The van der Waals surface area contributed by atoms with Gasteiger partial charge in [0.15, 0.2) is 11.5 Å². The largest absolute Gasteiger partial charge is 0.454 e. The van der Waals surface area contributed by atoms with Crippen molar-refractivity contribution < 1.29 is 21.9 Å². The number of ether oxygens (including phenoxy) is 2. The molecule has 2 heterocycles. The summed E-state index contributed by atoms with van der Waals surface area (Å²) >= 11 is 0. The second kappa shape index (κ2) is 12.9. The first-order chi connectivity index (χ1) is 21.5. The predicted molar refractivity (Wildman–Crippen MR) is 174 cm³/mol. The number of hydrogen-bond donors (Lipinski definition) is 3. The molecule has 0 bridgehead atoms. The molecule has 8 heteroatoms. The first-order valence-corrected chi connectivity index (χ1v) is 14.7. The second-order valence-electron chi connectivity index (χ2n) is 10.9. The van der Waals surface area contributed by atoms with E-state index < -0.39 is 5.41 Å². The zero-order valence-corrected chi connectivity index (χ0v) is 24.5. The Kier molecular flexibility index (Phi) is 8.41. The number of imidazole rings is 1. The fourth-order valence-electron chi connectivity index (χ4n) is 5.25. The molecule has 0 unspecified atom stereocenters. The molecule has 3 N–H and O–H groups in total. The van der Waals surface area contributed by atoms with Crippen LogP contribution in [0.4, 0.5) is 5.69 Å². The molecule has 4 aromatic carbocycles. The Morgan fingerprint density at radius 3 is 2.32 bits per heavy atom. The molecule has 0 radical (unpaired) electrons. The summed E-state index contributed by atoms with van der Waals surface area (Å²) in [5.74, 6) is 1.26. The van der Waals surface area contributed by atoms with E-state index in [2.05, 4.69) is 20.6 Å². The highest BCUT2D eigenvalue weighted by atomic mass is 16.7. The van der Waals surface area contributed by atoms with Crippen molar-refractivity contribution in [2.24, 2.45) is 0 Å². The smallest absolute Gasteiger partial charge is 0.251 e. The predicted octanol–water partition coefficient (Wildman–Crippen LogP) is 6.94. The summed E-state index contributed by atoms with van der Waals surface area (Å²) in [5.41, 5.74) is 5.78. The third-order valence-corrected chi connectivity index (χ3v) is 7.96. The van der Waals surface area contributed by atoms with Crippen molar-refractivity contribution in [2.45, 2.75) is 31.6 Å². The van der Waals surface area contributed by atoms with Crippen molar-refractivity contribution in [2.75, 3.05) is 18.7 Å². The molecular formula is C36H38N4O4. The molecule has 0 spiro atoms. The van der Waals surface area contributed by atoms with Gasteiger partial charge in [0.25, 0.3) is 5.91 Å². The van der Waals surface area contributed by atoms with Crippen LogP contribution in [0, 0.1) is 6.92 Å². The Morgan fingerprint density at radius 1 is 0.909 bits per heavy atom. The Balaban J connectivity index is 0.000000541. The van der Waals surface area contributed by atoms with Gasteiger partial charge < -0.3 is 25.1 Å². The van der Waals surface area contributed by atoms with Gasteiger partial charge in [-0.25, -0.2) is 4.98 Å². The minimum Gasteiger partial charge on any atom is -0.454 e. The number of aromatic amines is 1. The van der Waals surface area contributed by atoms with Gasteiger partial charge in [-0.1, -0.05) is 60.7 Å². The van der Waals surface area contributed by atoms with E-state index in [4.69, 9.17) is 9.47 Å². The van der Waals surface area contributed by atoms with Crippen LogP contribution in [-0.2, 0) is 16.6 Å². The van der Waals surface area contributed by atoms with E-state index >= 15 is 0 Å². The standard InChI is InChI=1S/C30H28N4O4.C6H6.2H2/c1-19-2-8-23(34-29(36)30(11-12-30)22-7-9-26-27(14-22)38-18-37-26)15-25(19)20-3-5-21(6-4-20)28(35)32-13-10-24-16-31-17-33-24;1-2-4-6-5-3-1;;/h2-9,14-17H,10-13,18H2,1H3,(H,31,33)(H,32,35)(H,34,36);1-6H;2*1H. The average molecular weight is 591 g/mol. The van der Waals surface area contributed by atoms with Crippen molar-refractivity contribution in [3.05, 3.63) is 132 Å². The number of anilines is 1. The zero-order valence-electron chi connectivity index (χ0n) is 24.5. The van der Waals surface area contributed by atoms with E-state index in [1.807, 2.05) is 104 Å². The van der Waals surface area contributed by atoms with Gasteiger partial charge in [-0.15, -0.1) is 0 Å². The fraction of sp³-hybridized carbons (Fsp3) is 0.194. The molecule has 2 aliphatic rings. The van der Waals surface area contributed by atoms with Crippen LogP contribution < -0.4 is 20.1 Å². The summed E-state index contributed by atoms with van der Waals surface area (Å²) in [4.78, 5) is 32.9. The van der Waals surface area contributed by atoms with Crippen LogP contribution in [0.15, 0.2) is 110 Å². The lowest BCUT2D eigenvalue weighted by atomic mass is 9.94. The summed E-state index contributed by atoms with van der Waals surface area (Å²) < 4.78 is 10.9. The zero-order chi connectivity index (χ0) is 30.4. The van der Waals surface area contributed by atoms with Gasteiger partial charge in [-0.05, 0) is 78.4 Å².